The van der Waals surface area contributed by atoms with Crippen molar-refractivity contribution in [3.63, 3.8) is 0 Å². The van der Waals surface area contributed by atoms with Crippen molar-refractivity contribution in [2.75, 3.05) is 0 Å². The number of fused-ring (bicyclic) bond motifs is 1. The third-order valence-corrected chi connectivity index (χ3v) is 3.21. The van der Waals surface area contributed by atoms with E-state index in [2.05, 4.69) is 11.1 Å². The Balaban J connectivity index is 2.19. The van der Waals surface area contributed by atoms with E-state index in [4.69, 9.17) is 0 Å². The highest BCUT2D eigenvalue weighted by molar-refractivity contribution is 5.48. The van der Waals surface area contributed by atoms with Crippen LogP contribution in [0.2, 0.25) is 0 Å². The van der Waals surface area contributed by atoms with Crippen molar-refractivity contribution in [1.82, 2.24) is 9.55 Å². The molecule has 3 heteroatoms. The van der Waals surface area contributed by atoms with Crippen LogP contribution in [0.3, 0.4) is 0 Å². The number of aromatic nitrogens is 2. The molecule has 1 aromatic carbocycles. The van der Waals surface area contributed by atoms with E-state index in [1.807, 2.05) is 22.9 Å². The molecule has 2 aromatic rings. The number of nitrogens with zero attached hydrogens (tertiary/aromatic N) is 2. The number of hydrogen-bond acceptors (Lipinski definition) is 2. The zero-order valence-electron chi connectivity index (χ0n) is 9.00. The number of imidazole rings is 1. The van der Waals surface area contributed by atoms with Gasteiger partial charge in [0.1, 0.15) is 0 Å². The van der Waals surface area contributed by atoms with Crippen LogP contribution >= 0.6 is 0 Å². The molecule has 0 saturated heterocycles. The highest BCUT2D eigenvalue weighted by Gasteiger charge is 2.21. The number of rotatable bonds is 1. The lowest BCUT2D eigenvalue weighted by molar-refractivity contribution is 0.156. The summed E-state index contributed by atoms with van der Waals surface area (Å²) in [7, 11) is 0. The van der Waals surface area contributed by atoms with E-state index in [9.17, 15) is 5.11 Å². The molecule has 0 aliphatic heterocycles. The minimum absolute atomic E-state index is 0.331. The molecule has 1 aromatic heterocycles. The SMILES string of the molecule is OC1CCCc2cccc(-n3ccnc3)c21. The van der Waals surface area contributed by atoms with Gasteiger partial charge in [0, 0.05) is 18.0 Å². The summed E-state index contributed by atoms with van der Waals surface area (Å²) < 4.78 is 1.97. The summed E-state index contributed by atoms with van der Waals surface area (Å²) in [5.74, 6) is 0. The van der Waals surface area contributed by atoms with Gasteiger partial charge in [-0.15, -0.1) is 0 Å². The Morgan fingerprint density at radius 2 is 2.31 bits per heavy atom. The van der Waals surface area contributed by atoms with Crippen molar-refractivity contribution >= 4 is 0 Å². The van der Waals surface area contributed by atoms with Gasteiger partial charge in [-0.3, -0.25) is 0 Å². The van der Waals surface area contributed by atoms with E-state index in [1.165, 1.54) is 5.56 Å². The van der Waals surface area contributed by atoms with Gasteiger partial charge < -0.3 is 9.67 Å². The van der Waals surface area contributed by atoms with Crippen molar-refractivity contribution < 1.29 is 5.11 Å². The highest BCUT2D eigenvalue weighted by Crippen LogP contribution is 2.33. The number of aliphatic hydroxyl groups is 1. The third-order valence-electron chi connectivity index (χ3n) is 3.21. The molecule has 0 saturated carbocycles. The summed E-state index contributed by atoms with van der Waals surface area (Å²) in [6, 6.07) is 6.19. The molecular formula is C13H14N2O. The predicted octanol–water partition coefficient (Wildman–Crippen LogP) is 2.24. The smallest absolute Gasteiger partial charge is 0.0991 e. The molecule has 82 valence electrons. The van der Waals surface area contributed by atoms with Crippen LogP contribution in [0.5, 0.6) is 0 Å². The van der Waals surface area contributed by atoms with Gasteiger partial charge in [0.25, 0.3) is 0 Å². The van der Waals surface area contributed by atoms with E-state index in [1.54, 1.807) is 12.5 Å². The van der Waals surface area contributed by atoms with Crippen molar-refractivity contribution in [2.45, 2.75) is 25.4 Å². The fourth-order valence-corrected chi connectivity index (χ4v) is 2.46. The van der Waals surface area contributed by atoms with E-state index >= 15 is 0 Å². The molecule has 3 rings (SSSR count). The van der Waals surface area contributed by atoms with Crippen LogP contribution in [-0.4, -0.2) is 14.7 Å². The molecule has 0 fully saturated rings. The first-order chi connectivity index (χ1) is 7.86. The van der Waals surface area contributed by atoms with E-state index in [-0.39, 0.29) is 6.10 Å². The summed E-state index contributed by atoms with van der Waals surface area (Å²) >= 11 is 0. The van der Waals surface area contributed by atoms with Crippen LogP contribution in [0.1, 0.15) is 30.1 Å². The maximum atomic E-state index is 10.1. The van der Waals surface area contributed by atoms with Crippen molar-refractivity contribution in [2.24, 2.45) is 0 Å². The third kappa shape index (κ3) is 1.44. The van der Waals surface area contributed by atoms with Gasteiger partial charge in [-0.2, -0.15) is 0 Å². The van der Waals surface area contributed by atoms with E-state index in [0.29, 0.717) is 0 Å². The van der Waals surface area contributed by atoms with Crippen LogP contribution in [0.25, 0.3) is 5.69 Å². The fraction of sp³-hybridized carbons (Fsp3) is 0.308. The Hall–Kier alpha value is -1.61. The summed E-state index contributed by atoms with van der Waals surface area (Å²) in [6.45, 7) is 0. The van der Waals surface area contributed by atoms with Crippen LogP contribution in [-0.2, 0) is 6.42 Å². The van der Waals surface area contributed by atoms with Gasteiger partial charge in [0.15, 0.2) is 0 Å². The van der Waals surface area contributed by atoms with Gasteiger partial charge in [-0.05, 0) is 30.9 Å². The van der Waals surface area contributed by atoms with Gasteiger partial charge in [0.2, 0.25) is 0 Å². The molecule has 0 amide bonds. The molecule has 0 radical (unpaired) electrons. The average Bonchev–Trinajstić information content (AvgIpc) is 2.82. The lowest BCUT2D eigenvalue weighted by atomic mass is 9.88. The minimum atomic E-state index is -0.331. The standard InChI is InChI=1S/C13H14N2O/c16-12-6-2-4-10-3-1-5-11(13(10)12)15-8-7-14-9-15/h1,3,5,7-9,12,16H,2,4,6H2. The van der Waals surface area contributed by atoms with Gasteiger partial charge in [-0.1, -0.05) is 12.1 Å². The summed E-state index contributed by atoms with van der Waals surface area (Å²) in [4.78, 5) is 4.05. The molecule has 1 N–H and O–H groups in total. The van der Waals surface area contributed by atoms with Crippen LogP contribution in [0.4, 0.5) is 0 Å². The Morgan fingerprint density at radius 1 is 1.38 bits per heavy atom. The maximum Gasteiger partial charge on any atom is 0.0991 e. The second-order valence-electron chi connectivity index (χ2n) is 4.23. The number of aliphatic hydroxyl groups excluding tert-OH is 1. The van der Waals surface area contributed by atoms with Crippen molar-refractivity contribution in [3.05, 3.63) is 48.0 Å². The molecule has 1 aliphatic rings. The topological polar surface area (TPSA) is 38.0 Å². The largest absolute Gasteiger partial charge is 0.388 e. The fourth-order valence-electron chi connectivity index (χ4n) is 2.46. The minimum Gasteiger partial charge on any atom is -0.388 e. The predicted molar refractivity (Wildman–Crippen MR) is 61.5 cm³/mol. The number of aryl methyl sites for hydroxylation is 1. The molecule has 1 atom stereocenters. The first-order valence-corrected chi connectivity index (χ1v) is 5.64. The Bertz CT molecular complexity index is 491. The first-order valence-electron chi connectivity index (χ1n) is 5.64. The van der Waals surface area contributed by atoms with Gasteiger partial charge in [-0.25, -0.2) is 4.98 Å². The van der Waals surface area contributed by atoms with Crippen molar-refractivity contribution in [3.8, 4) is 5.69 Å². The quantitative estimate of drug-likeness (QED) is 0.790. The van der Waals surface area contributed by atoms with Crippen LogP contribution in [0, 0.1) is 0 Å². The van der Waals surface area contributed by atoms with E-state index in [0.717, 1.165) is 30.5 Å². The number of hydrogen-bond donors (Lipinski definition) is 1. The molecule has 0 bridgehead atoms. The first kappa shape index (κ1) is 9.60. The Morgan fingerprint density at radius 3 is 3.12 bits per heavy atom. The lowest BCUT2D eigenvalue weighted by Crippen LogP contribution is -2.12. The average molecular weight is 214 g/mol. The summed E-state index contributed by atoms with van der Waals surface area (Å²) in [5.41, 5.74) is 3.40. The number of benzene rings is 1. The van der Waals surface area contributed by atoms with Gasteiger partial charge in [0.05, 0.1) is 18.1 Å². The maximum absolute atomic E-state index is 10.1. The Labute approximate surface area is 94.4 Å². The second kappa shape index (κ2) is 3.76. The van der Waals surface area contributed by atoms with E-state index < -0.39 is 0 Å². The summed E-state index contributed by atoms with van der Waals surface area (Å²) in [5, 5.41) is 10.1. The molecule has 1 heterocycles. The molecular weight excluding hydrogens is 200 g/mol. The highest BCUT2D eigenvalue weighted by atomic mass is 16.3. The monoisotopic (exact) mass is 214 g/mol. The zero-order valence-corrected chi connectivity index (χ0v) is 9.00. The molecule has 1 unspecified atom stereocenters. The van der Waals surface area contributed by atoms with Gasteiger partial charge >= 0.3 is 0 Å². The zero-order chi connectivity index (χ0) is 11.0. The summed E-state index contributed by atoms with van der Waals surface area (Å²) in [6.07, 6.45) is 8.11. The normalized spacial score (nSPS) is 19.4. The molecule has 0 spiro atoms. The van der Waals surface area contributed by atoms with Crippen molar-refractivity contribution in [1.29, 1.82) is 0 Å². The lowest BCUT2D eigenvalue weighted by Gasteiger charge is -2.24. The molecule has 3 nitrogen and oxygen atoms in total. The Kier molecular flexibility index (Phi) is 2.26. The van der Waals surface area contributed by atoms with Crippen LogP contribution < -0.4 is 0 Å². The molecule has 1 aliphatic carbocycles. The van der Waals surface area contributed by atoms with Crippen LogP contribution in [0.15, 0.2) is 36.9 Å². The second-order valence-corrected chi connectivity index (χ2v) is 4.23. The molecule has 16 heavy (non-hydrogen) atoms.